The molecule has 150 valence electrons. The molecule has 1 aromatic carbocycles. The first-order valence-electron chi connectivity index (χ1n) is 9.38. The lowest BCUT2D eigenvalue weighted by atomic mass is 9.94. The van der Waals surface area contributed by atoms with E-state index in [1.807, 2.05) is 31.7 Å². The number of carbonyl (C=O) groups excluding carboxylic acids is 2. The van der Waals surface area contributed by atoms with Gasteiger partial charge in [-0.2, -0.15) is 0 Å². The number of hydrogen-bond donors (Lipinski definition) is 0. The van der Waals surface area contributed by atoms with Gasteiger partial charge in [0.05, 0.1) is 17.2 Å². The topological polar surface area (TPSA) is 75.5 Å². The average molecular weight is 449 g/mol. The highest BCUT2D eigenvalue weighted by Gasteiger charge is 2.30. The van der Waals surface area contributed by atoms with Crippen molar-refractivity contribution in [3.63, 3.8) is 0 Å². The van der Waals surface area contributed by atoms with Crippen molar-refractivity contribution in [2.45, 2.75) is 33.7 Å². The normalized spacial score (nSPS) is 15.1. The monoisotopic (exact) mass is 448 g/mol. The van der Waals surface area contributed by atoms with Crippen LogP contribution in [0.5, 0.6) is 0 Å². The number of rotatable bonds is 3. The number of aromatic nitrogens is 2. The smallest absolute Gasteiger partial charge is 0.261 e. The Bertz CT molecular complexity index is 956. The van der Waals surface area contributed by atoms with Gasteiger partial charge in [-0.1, -0.05) is 36.7 Å². The molecule has 7 nitrogen and oxygen atoms in total. The van der Waals surface area contributed by atoms with Crippen LogP contribution in [0.4, 0.5) is 0 Å². The fraction of sp³-hybridized carbons (Fsp3) is 0.500. The third-order valence-electron chi connectivity index (χ3n) is 4.91. The summed E-state index contributed by atoms with van der Waals surface area (Å²) in [5.41, 5.74) is 0.0703. The molecule has 3 rings (SSSR count). The maximum absolute atomic E-state index is 12.6. The van der Waals surface area contributed by atoms with Gasteiger partial charge in [0.15, 0.2) is 0 Å². The summed E-state index contributed by atoms with van der Waals surface area (Å²) < 4.78 is 2.29. The van der Waals surface area contributed by atoms with Gasteiger partial charge in [-0.05, 0) is 18.2 Å². The van der Waals surface area contributed by atoms with E-state index in [-0.39, 0.29) is 30.3 Å². The molecule has 2 heterocycles. The molecule has 1 aliphatic heterocycles. The lowest BCUT2D eigenvalue weighted by Crippen LogP contribution is -2.53. The van der Waals surface area contributed by atoms with Gasteiger partial charge in [0.25, 0.3) is 5.56 Å². The summed E-state index contributed by atoms with van der Waals surface area (Å²) in [6, 6.07) is 5.37. The van der Waals surface area contributed by atoms with Crippen LogP contribution in [0.25, 0.3) is 10.9 Å². The zero-order valence-electron chi connectivity index (χ0n) is 16.4. The number of amides is 2. The molecule has 1 aliphatic rings. The number of hydrogen-bond acceptors (Lipinski definition) is 4. The summed E-state index contributed by atoms with van der Waals surface area (Å²) in [4.78, 5) is 45.4. The Kier molecular flexibility index (Phi) is 5.88. The van der Waals surface area contributed by atoms with Crippen molar-refractivity contribution in [1.82, 2.24) is 19.4 Å². The molecule has 1 aromatic heterocycles. The predicted octanol–water partition coefficient (Wildman–Crippen LogP) is 2.27. The van der Waals surface area contributed by atoms with Crippen LogP contribution in [-0.2, 0) is 16.1 Å². The second kappa shape index (κ2) is 8.03. The fourth-order valence-corrected chi connectivity index (χ4v) is 3.66. The second-order valence-corrected chi connectivity index (χ2v) is 8.99. The highest BCUT2D eigenvalue weighted by atomic mass is 79.9. The Labute approximate surface area is 172 Å². The van der Waals surface area contributed by atoms with E-state index in [0.29, 0.717) is 37.1 Å². The molecule has 2 aromatic rings. The van der Waals surface area contributed by atoms with Crippen molar-refractivity contribution in [1.29, 1.82) is 0 Å². The summed E-state index contributed by atoms with van der Waals surface area (Å²) in [6.45, 7) is 8.15. The summed E-state index contributed by atoms with van der Waals surface area (Å²) in [7, 11) is 0. The van der Waals surface area contributed by atoms with E-state index in [2.05, 4.69) is 20.9 Å². The van der Waals surface area contributed by atoms with Gasteiger partial charge < -0.3 is 9.80 Å². The van der Waals surface area contributed by atoms with Crippen molar-refractivity contribution in [2.24, 2.45) is 5.41 Å². The molecule has 0 unspecified atom stereocenters. The third-order valence-corrected chi connectivity index (χ3v) is 5.41. The second-order valence-electron chi connectivity index (χ2n) is 8.08. The summed E-state index contributed by atoms with van der Waals surface area (Å²) in [6.07, 6.45) is 1.72. The Hall–Kier alpha value is -2.22. The van der Waals surface area contributed by atoms with E-state index in [1.165, 1.54) is 10.9 Å². The summed E-state index contributed by atoms with van der Waals surface area (Å²) in [5, 5.41) is 0.527. The van der Waals surface area contributed by atoms with E-state index < -0.39 is 5.41 Å². The highest BCUT2D eigenvalue weighted by Crippen LogP contribution is 2.19. The minimum Gasteiger partial charge on any atom is -0.339 e. The van der Waals surface area contributed by atoms with E-state index in [4.69, 9.17) is 0 Å². The van der Waals surface area contributed by atoms with Crippen LogP contribution in [0.3, 0.4) is 0 Å². The van der Waals surface area contributed by atoms with Crippen LogP contribution >= 0.6 is 15.9 Å². The first-order valence-corrected chi connectivity index (χ1v) is 10.2. The van der Waals surface area contributed by atoms with Gasteiger partial charge in [-0.25, -0.2) is 4.98 Å². The Morgan fingerprint density at radius 2 is 1.75 bits per heavy atom. The van der Waals surface area contributed by atoms with Gasteiger partial charge in [0.2, 0.25) is 11.8 Å². The number of piperazine rings is 1. The fourth-order valence-electron chi connectivity index (χ4n) is 3.30. The molecule has 0 bridgehead atoms. The highest BCUT2D eigenvalue weighted by molar-refractivity contribution is 9.10. The van der Waals surface area contributed by atoms with Crippen LogP contribution in [0.1, 0.15) is 27.2 Å². The number of fused-ring (bicyclic) bond motifs is 1. The van der Waals surface area contributed by atoms with E-state index >= 15 is 0 Å². The van der Waals surface area contributed by atoms with Gasteiger partial charge >= 0.3 is 0 Å². The molecule has 1 saturated heterocycles. The van der Waals surface area contributed by atoms with Gasteiger partial charge in [-0.15, -0.1) is 0 Å². The van der Waals surface area contributed by atoms with Crippen molar-refractivity contribution < 1.29 is 9.59 Å². The molecule has 2 amide bonds. The number of halogens is 1. The van der Waals surface area contributed by atoms with Crippen molar-refractivity contribution in [3.8, 4) is 0 Å². The maximum Gasteiger partial charge on any atom is 0.261 e. The molecule has 8 heteroatoms. The van der Waals surface area contributed by atoms with Gasteiger partial charge in [-0.3, -0.25) is 19.0 Å². The molecule has 0 spiro atoms. The molecular weight excluding hydrogens is 424 g/mol. The van der Waals surface area contributed by atoms with E-state index in [1.54, 1.807) is 17.0 Å². The number of carbonyl (C=O) groups is 2. The van der Waals surface area contributed by atoms with Crippen LogP contribution in [0.15, 0.2) is 33.8 Å². The zero-order valence-corrected chi connectivity index (χ0v) is 18.0. The quantitative estimate of drug-likeness (QED) is 0.721. The largest absolute Gasteiger partial charge is 0.339 e. The number of aryl methyl sites for hydroxylation is 1. The first-order chi connectivity index (χ1) is 13.2. The molecule has 1 fully saturated rings. The van der Waals surface area contributed by atoms with Crippen LogP contribution in [0, 0.1) is 5.41 Å². The minimum atomic E-state index is -0.411. The Balaban J connectivity index is 1.60. The Morgan fingerprint density at radius 3 is 2.39 bits per heavy atom. The van der Waals surface area contributed by atoms with Crippen LogP contribution < -0.4 is 5.56 Å². The average Bonchev–Trinajstić information content (AvgIpc) is 2.66. The zero-order chi connectivity index (χ0) is 20.5. The maximum atomic E-state index is 12.6. The lowest BCUT2D eigenvalue weighted by molar-refractivity contribution is -0.145. The molecule has 0 radical (unpaired) electrons. The van der Waals surface area contributed by atoms with Crippen LogP contribution in [-0.4, -0.2) is 57.3 Å². The Morgan fingerprint density at radius 1 is 1.11 bits per heavy atom. The summed E-state index contributed by atoms with van der Waals surface area (Å²) in [5.74, 6) is 0.101. The van der Waals surface area contributed by atoms with Gasteiger partial charge in [0.1, 0.15) is 0 Å². The third kappa shape index (κ3) is 4.43. The first kappa shape index (κ1) is 20.5. The lowest BCUT2D eigenvalue weighted by Gasteiger charge is -2.37. The molecule has 0 N–H and O–H groups in total. The van der Waals surface area contributed by atoms with Crippen molar-refractivity contribution in [2.75, 3.05) is 26.2 Å². The molecule has 0 saturated carbocycles. The van der Waals surface area contributed by atoms with Gasteiger partial charge in [0, 0.05) is 49.0 Å². The molecule has 0 atom stereocenters. The molecular formula is C20H25BrN4O3. The van der Waals surface area contributed by atoms with E-state index in [0.717, 1.165) is 4.47 Å². The molecule has 28 heavy (non-hydrogen) atoms. The number of nitrogens with zero attached hydrogens (tertiary/aromatic N) is 4. The molecule has 0 aliphatic carbocycles. The standard InChI is InChI=1S/C20H25BrN4O3/c1-20(2,3)19(28)24-10-8-23(9-11-24)17(26)6-7-25-13-22-16-5-4-14(21)12-15(16)18(25)27/h4-5,12-13H,6-11H2,1-3H3. The van der Waals surface area contributed by atoms with Crippen LogP contribution in [0.2, 0.25) is 0 Å². The SMILES string of the molecule is CC(C)(C)C(=O)N1CCN(C(=O)CCn2cnc3ccc(Br)cc3c2=O)CC1. The van der Waals surface area contributed by atoms with E-state index in [9.17, 15) is 14.4 Å². The summed E-state index contributed by atoms with van der Waals surface area (Å²) >= 11 is 3.37. The minimum absolute atomic E-state index is 0.0101. The number of benzene rings is 1. The van der Waals surface area contributed by atoms with Crippen molar-refractivity contribution >= 4 is 38.6 Å². The van der Waals surface area contributed by atoms with Crippen molar-refractivity contribution in [3.05, 3.63) is 39.4 Å². The predicted molar refractivity (Wildman–Crippen MR) is 111 cm³/mol.